The van der Waals surface area contributed by atoms with E-state index in [9.17, 15) is 13.2 Å². The van der Waals surface area contributed by atoms with E-state index in [1.54, 1.807) is 10.7 Å². The van der Waals surface area contributed by atoms with Crippen LogP contribution in [0.2, 0.25) is 10.0 Å². The third kappa shape index (κ3) is 3.17. The molecule has 2 aromatic carbocycles. The first-order chi connectivity index (χ1) is 12.8. The van der Waals surface area contributed by atoms with Crippen LogP contribution in [0.4, 0.5) is 19.0 Å². The second-order valence-corrected chi connectivity index (χ2v) is 7.23. The second-order valence-electron chi connectivity index (χ2n) is 6.39. The number of alkyl halides is 3. The maximum absolute atomic E-state index is 13.2. The lowest BCUT2D eigenvalue weighted by atomic mass is 10.0. The lowest BCUT2D eigenvalue weighted by Gasteiger charge is -2.11. The summed E-state index contributed by atoms with van der Waals surface area (Å²) in [4.78, 5) is 0. The van der Waals surface area contributed by atoms with Gasteiger partial charge in [-0.25, -0.2) is 4.68 Å². The summed E-state index contributed by atoms with van der Waals surface area (Å²) in [7, 11) is 0. The first-order valence-electron chi connectivity index (χ1n) is 8.25. The highest BCUT2D eigenvalue weighted by molar-refractivity contribution is 6.33. The molecule has 0 radical (unpaired) electrons. The zero-order chi connectivity index (χ0) is 19.3. The summed E-state index contributed by atoms with van der Waals surface area (Å²) < 4.78 is 41.2. The van der Waals surface area contributed by atoms with E-state index < -0.39 is 11.7 Å². The van der Waals surface area contributed by atoms with Gasteiger partial charge in [-0.3, -0.25) is 0 Å². The van der Waals surface area contributed by atoms with Crippen LogP contribution in [0.5, 0.6) is 0 Å². The summed E-state index contributed by atoms with van der Waals surface area (Å²) in [6, 6.07) is 8.71. The number of hydrogen-bond donors (Lipinski definition) is 1. The van der Waals surface area contributed by atoms with Crippen LogP contribution in [0, 0.1) is 6.92 Å². The molecule has 0 aliphatic carbocycles. The molecular formula is C19H14Cl2F3N3. The van der Waals surface area contributed by atoms with E-state index in [-0.39, 0.29) is 10.6 Å². The van der Waals surface area contributed by atoms with Crippen molar-refractivity contribution >= 4 is 29.0 Å². The third-order valence-corrected chi connectivity index (χ3v) is 5.15. The van der Waals surface area contributed by atoms with Crippen molar-refractivity contribution in [1.82, 2.24) is 9.78 Å². The van der Waals surface area contributed by atoms with E-state index >= 15 is 0 Å². The van der Waals surface area contributed by atoms with Crippen LogP contribution in [0.25, 0.3) is 16.9 Å². The normalized spacial score (nSPS) is 13.6. The molecule has 0 spiro atoms. The molecule has 3 aromatic rings. The Hall–Kier alpha value is -2.18. The highest BCUT2D eigenvalue weighted by Crippen LogP contribution is 2.40. The van der Waals surface area contributed by atoms with E-state index in [0.717, 1.165) is 34.8 Å². The summed E-state index contributed by atoms with van der Waals surface area (Å²) in [6.07, 6.45) is -3.79. The van der Waals surface area contributed by atoms with Crippen LogP contribution in [-0.4, -0.2) is 16.3 Å². The second kappa shape index (κ2) is 6.46. The number of nitrogens with one attached hydrogen (secondary N) is 1. The van der Waals surface area contributed by atoms with Crippen molar-refractivity contribution in [3.05, 3.63) is 63.1 Å². The van der Waals surface area contributed by atoms with Crippen molar-refractivity contribution < 1.29 is 13.2 Å². The van der Waals surface area contributed by atoms with Crippen LogP contribution < -0.4 is 5.32 Å². The maximum atomic E-state index is 13.2. The van der Waals surface area contributed by atoms with E-state index in [2.05, 4.69) is 10.4 Å². The summed E-state index contributed by atoms with van der Waals surface area (Å²) >= 11 is 12.3. The Morgan fingerprint density at radius 2 is 1.89 bits per heavy atom. The highest BCUT2D eigenvalue weighted by atomic mass is 35.5. The van der Waals surface area contributed by atoms with E-state index in [1.807, 2.05) is 19.1 Å². The monoisotopic (exact) mass is 411 g/mol. The summed E-state index contributed by atoms with van der Waals surface area (Å²) in [5, 5.41) is 8.71. The maximum Gasteiger partial charge on any atom is 0.416 e. The van der Waals surface area contributed by atoms with Gasteiger partial charge in [-0.2, -0.15) is 18.3 Å². The van der Waals surface area contributed by atoms with Crippen LogP contribution in [0.1, 0.15) is 16.7 Å². The quantitative estimate of drug-likeness (QED) is 0.548. The predicted octanol–water partition coefficient (Wildman–Crippen LogP) is 6.14. The van der Waals surface area contributed by atoms with Crippen LogP contribution in [-0.2, 0) is 12.6 Å². The van der Waals surface area contributed by atoms with Gasteiger partial charge in [0.25, 0.3) is 0 Å². The van der Waals surface area contributed by atoms with Gasteiger partial charge in [0.1, 0.15) is 5.82 Å². The summed E-state index contributed by atoms with van der Waals surface area (Å²) in [5.41, 5.74) is 2.55. The standard InChI is InChI=1S/C19H14Cl2F3N3/c1-10-8-12(20)3-5-16(10)27-18-13(6-7-25-18)17(26-27)14-9-11(19(22,23)24)2-4-15(14)21/h2-5,8-9,25H,6-7H2,1H3. The number of benzene rings is 2. The van der Waals surface area contributed by atoms with E-state index in [0.29, 0.717) is 23.7 Å². The average Bonchev–Trinajstić information content (AvgIpc) is 3.17. The molecule has 1 aromatic heterocycles. The molecule has 4 rings (SSSR count). The van der Waals surface area contributed by atoms with Gasteiger partial charge in [-0.15, -0.1) is 0 Å². The molecule has 0 saturated carbocycles. The van der Waals surface area contributed by atoms with Crippen molar-refractivity contribution in [3.8, 4) is 16.9 Å². The molecular weight excluding hydrogens is 398 g/mol. The van der Waals surface area contributed by atoms with Gasteiger partial charge < -0.3 is 5.32 Å². The van der Waals surface area contributed by atoms with Gasteiger partial charge in [0, 0.05) is 22.7 Å². The number of fused-ring (bicyclic) bond motifs is 1. The van der Waals surface area contributed by atoms with Gasteiger partial charge in [0.15, 0.2) is 0 Å². The molecule has 140 valence electrons. The molecule has 2 heterocycles. The molecule has 0 amide bonds. The Morgan fingerprint density at radius 3 is 2.59 bits per heavy atom. The molecule has 3 nitrogen and oxygen atoms in total. The highest BCUT2D eigenvalue weighted by Gasteiger charge is 2.32. The van der Waals surface area contributed by atoms with Crippen LogP contribution >= 0.6 is 23.2 Å². The number of anilines is 1. The van der Waals surface area contributed by atoms with Crippen molar-refractivity contribution in [3.63, 3.8) is 0 Å². The van der Waals surface area contributed by atoms with Crippen molar-refractivity contribution in [2.75, 3.05) is 11.9 Å². The fourth-order valence-electron chi connectivity index (χ4n) is 3.30. The Kier molecular flexibility index (Phi) is 4.35. The molecule has 0 atom stereocenters. The van der Waals surface area contributed by atoms with Crippen LogP contribution in [0.15, 0.2) is 36.4 Å². The number of hydrogen-bond acceptors (Lipinski definition) is 2. The Morgan fingerprint density at radius 1 is 1.11 bits per heavy atom. The fourth-order valence-corrected chi connectivity index (χ4v) is 3.74. The molecule has 0 saturated heterocycles. The number of rotatable bonds is 2. The van der Waals surface area contributed by atoms with Crippen molar-refractivity contribution in [1.29, 1.82) is 0 Å². The summed E-state index contributed by atoms with van der Waals surface area (Å²) in [5.74, 6) is 0.768. The van der Waals surface area contributed by atoms with Crippen molar-refractivity contribution in [2.24, 2.45) is 0 Å². The van der Waals surface area contributed by atoms with Gasteiger partial charge >= 0.3 is 6.18 Å². The third-order valence-electron chi connectivity index (χ3n) is 4.59. The first kappa shape index (κ1) is 18.2. The number of halogens is 5. The predicted molar refractivity (Wildman–Crippen MR) is 101 cm³/mol. The Bertz CT molecular complexity index is 1040. The lowest BCUT2D eigenvalue weighted by molar-refractivity contribution is -0.137. The Labute approximate surface area is 163 Å². The fraction of sp³-hybridized carbons (Fsp3) is 0.211. The molecule has 1 aliphatic rings. The minimum absolute atomic E-state index is 0.232. The molecule has 1 aliphatic heterocycles. The van der Waals surface area contributed by atoms with Gasteiger partial charge in [0.2, 0.25) is 0 Å². The lowest BCUT2D eigenvalue weighted by Crippen LogP contribution is -2.06. The molecule has 0 unspecified atom stereocenters. The zero-order valence-corrected chi connectivity index (χ0v) is 15.7. The average molecular weight is 412 g/mol. The molecule has 8 heteroatoms. The van der Waals surface area contributed by atoms with Crippen molar-refractivity contribution in [2.45, 2.75) is 19.5 Å². The molecule has 1 N–H and O–H groups in total. The van der Waals surface area contributed by atoms with Gasteiger partial charge in [-0.1, -0.05) is 23.2 Å². The zero-order valence-electron chi connectivity index (χ0n) is 14.2. The van der Waals surface area contributed by atoms with E-state index in [1.165, 1.54) is 6.07 Å². The largest absolute Gasteiger partial charge is 0.416 e. The first-order valence-corrected chi connectivity index (χ1v) is 9.00. The SMILES string of the molecule is Cc1cc(Cl)ccc1-n1nc(-c2cc(C(F)(F)F)ccc2Cl)c2c1NCC2. The minimum atomic E-state index is -4.45. The Balaban J connectivity index is 1.92. The molecule has 0 fully saturated rings. The number of aromatic nitrogens is 2. The minimum Gasteiger partial charge on any atom is -0.369 e. The topological polar surface area (TPSA) is 29.9 Å². The number of nitrogens with zero attached hydrogens (tertiary/aromatic N) is 2. The van der Waals surface area contributed by atoms with E-state index in [4.69, 9.17) is 23.2 Å². The van der Waals surface area contributed by atoms with Crippen LogP contribution in [0.3, 0.4) is 0 Å². The molecule has 0 bridgehead atoms. The molecule has 27 heavy (non-hydrogen) atoms. The number of aryl methyl sites for hydroxylation is 1. The smallest absolute Gasteiger partial charge is 0.369 e. The van der Waals surface area contributed by atoms with Gasteiger partial charge in [0.05, 0.1) is 22.0 Å². The van der Waals surface area contributed by atoms with Gasteiger partial charge in [-0.05, 0) is 55.3 Å². The summed E-state index contributed by atoms with van der Waals surface area (Å²) in [6.45, 7) is 2.59.